The van der Waals surface area contributed by atoms with Gasteiger partial charge in [0, 0.05) is 19.0 Å². The number of nitrogens with one attached hydrogen (secondary N) is 1. The fourth-order valence-electron chi connectivity index (χ4n) is 2.63. The number of hydrogen-bond donors (Lipinski definition) is 1. The molecule has 1 amide bonds. The average Bonchev–Trinajstić information content (AvgIpc) is 3.01. The zero-order valence-electron chi connectivity index (χ0n) is 11.2. The zero-order valence-corrected chi connectivity index (χ0v) is 12.7. The molecule has 1 aliphatic heterocycles. The summed E-state index contributed by atoms with van der Waals surface area (Å²) in [4.78, 5) is 18.5. The number of rotatable bonds is 2. The van der Waals surface area contributed by atoms with E-state index in [1.807, 2.05) is 0 Å². The Morgan fingerprint density at radius 1 is 1.24 bits per heavy atom. The highest BCUT2D eigenvalue weighted by molar-refractivity contribution is 6.39. The summed E-state index contributed by atoms with van der Waals surface area (Å²) in [6.45, 7) is 1.32. The Morgan fingerprint density at radius 3 is 2.48 bits per heavy atom. The van der Waals surface area contributed by atoms with Gasteiger partial charge in [-0.2, -0.15) is 5.10 Å². The lowest BCUT2D eigenvalue weighted by atomic mass is 9.95. The number of aromatic nitrogens is 3. The molecule has 0 spiro atoms. The van der Waals surface area contributed by atoms with Crippen LogP contribution in [0.5, 0.6) is 0 Å². The Labute approximate surface area is 132 Å². The van der Waals surface area contributed by atoms with E-state index in [0.717, 1.165) is 18.7 Å². The number of amides is 1. The molecule has 1 saturated heterocycles. The van der Waals surface area contributed by atoms with Crippen molar-refractivity contribution in [2.45, 2.75) is 18.8 Å². The van der Waals surface area contributed by atoms with Crippen LogP contribution in [0.1, 0.15) is 34.9 Å². The molecule has 0 bridgehead atoms. The predicted molar refractivity (Wildman–Crippen MR) is 80.7 cm³/mol. The Kier molecular flexibility index (Phi) is 4.12. The van der Waals surface area contributed by atoms with Crippen molar-refractivity contribution < 1.29 is 4.79 Å². The maximum absolute atomic E-state index is 12.6. The monoisotopic (exact) mass is 324 g/mol. The molecule has 0 aliphatic carbocycles. The van der Waals surface area contributed by atoms with Crippen LogP contribution in [0.3, 0.4) is 0 Å². The predicted octanol–water partition coefficient (Wildman–Crippen LogP) is 3.13. The van der Waals surface area contributed by atoms with Crippen LogP contribution in [-0.2, 0) is 0 Å². The van der Waals surface area contributed by atoms with Gasteiger partial charge in [-0.15, -0.1) is 0 Å². The van der Waals surface area contributed by atoms with Crippen molar-refractivity contribution in [1.82, 2.24) is 20.1 Å². The first-order chi connectivity index (χ1) is 10.2. The maximum atomic E-state index is 12.6. The quantitative estimate of drug-likeness (QED) is 0.923. The van der Waals surface area contributed by atoms with Crippen molar-refractivity contribution in [1.29, 1.82) is 0 Å². The van der Waals surface area contributed by atoms with Gasteiger partial charge in [0.05, 0.1) is 15.6 Å². The number of piperidine rings is 1. The molecule has 1 aromatic carbocycles. The minimum atomic E-state index is -0.110. The summed E-state index contributed by atoms with van der Waals surface area (Å²) in [5.41, 5.74) is 0.388. The van der Waals surface area contributed by atoms with E-state index in [9.17, 15) is 4.79 Å². The Morgan fingerprint density at radius 2 is 1.90 bits per heavy atom. The van der Waals surface area contributed by atoms with E-state index in [0.29, 0.717) is 34.6 Å². The number of benzene rings is 1. The first kappa shape index (κ1) is 14.4. The van der Waals surface area contributed by atoms with Gasteiger partial charge in [-0.05, 0) is 25.0 Å². The van der Waals surface area contributed by atoms with Crippen LogP contribution in [0.2, 0.25) is 10.0 Å². The number of nitrogens with zero attached hydrogens (tertiary/aromatic N) is 3. The van der Waals surface area contributed by atoms with E-state index in [1.54, 1.807) is 23.1 Å². The molecule has 110 valence electrons. The highest BCUT2D eigenvalue weighted by Crippen LogP contribution is 2.29. The average molecular weight is 325 g/mol. The number of halogens is 2. The molecular weight excluding hydrogens is 311 g/mol. The summed E-state index contributed by atoms with van der Waals surface area (Å²) in [6.07, 6.45) is 3.21. The first-order valence-corrected chi connectivity index (χ1v) is 7.51. The summed E-state index contributed by atoms with van der Waals surface area (Å²) >= 11 is 12.2. The van der Waals surface area contributed by atoms with Crippen LogP contribution in [0.4, 0.5) is 0 Å². The van der Waals surface area contributed by atoms with E-state index in [2.05, 4.69) is 15.2 Å². The molecule has 1 aromatic heterocycles. The fraction of sp³-hybridized carbons (Fsp3) is 0.357. The van der Waals surface area contributed by atoms with E-state index < -0.39 is 0 Å². The summed E-state index contributed by atoms with van der Waals surface area (Å²) in [5, 5.41) is 7.55. The zero-order chi connectivity index (χ0) is 14.8. The normalized spacial score (nSPS) is 16.2. The molecular formula is C14H14Cl2N4O. The van der Waals surface area contributed by atoms with Crippen LogP contribution in [0.15, 0.2) is 24.5 Å². The number of carbonyl (C=O) groups is 1. The molecule has 1 aliphatic rings. The Hall–Kier alpha value is -1.59. The maximum Gasteiger partial charge on any atom is 0.256 e. The number of hydrogen-bond acceptors (Lipinski definition) is 3. The third-order valence-electron chi connectivity index (χ3n) is 3.78. The number of aromatic amines is 1. The summed E-state index contributed by atoms with van der Waals surface area (Å²) in [6, 6.07) is 5.10. The smallest absolute Gasteiger partial charge is 0.256 e. The molecule has 7 heteroatoms. The van der Waals surface area contributed by atoms with E-state index in [4.69, 9.17) is 23.2 Å². The number of carbonyl (C=O) groups excluding carboxylic acids is 1. The summed E-state index contributed by atoms with van der Waals surface area (Å²) < 4.78 is 0. The van der Waals surface area contributed by atoms with E-state index in [1.165, 1.54) is 6.33 Å². The van der Waals surface area contributed by atoms with Crippen molar-refractivity contribution in [3.63, 3.8) is 0 Å². The van der Waals surface area contributed by atoms with Gasteiger partial charge in [0.1, 0.15) is 12.2 Å². The lowest BCUT2D eigenvalue weighted by Gasteiger charge is -2.31. The van der Waals surface area contributed by atoms with Gasteiger partial charge in [0.25, 0.3) is 5.91 Å². The number of H-pyrrole nitrogens is 1. The highest BCUT2D eigenvalue weighted by Gasteiger charge is 2.27. The molecule has 1 fully saturated rings. The molecule has 21 heavy (non-hydrogen) atoms. The molecule has 2 heterocycles. The molecule has 0 atom stereocenters. The van der Waals surface area contributed by atoms with Crippen molar-refractivity contribution >= 4 is 29.1 Å². The standard InChI is InChI=1S/C14H14Cl2N4O/c15-10-2-1-3-11(16)12(10)14(21)20-6-4-9(5-7-20)13-17-8-18-19-13/h1-3,8-9H,4-7H2,(H,17,18,19). The highest BCUT2D eigenvalue weighted by atomic mass is 35.5. The molecule has 2 aromatic rings. The molecule has 3 rings (SSSR count). The van der Waals surface area contributed by atoms with Crippen LogP contribution < -0.4 is 0 Å². The molecule has 5 nitrogen and oxygen atoms in total. The lowest BCUT2D eigenvalue weighted by molar-refractivity contribution is 0.0711. The van der Waals surface area contributed by atoms with Crippen LogP contribution in [0.25, 0.3) is 0 Å². The van der Waals surface area contributed by atoms with Gasteiger partial charge in [0.2, 0.25) is 0 Å². The second-order valence-electron chi connectivity index (χ2n) is 5.03. The van der Waals surface area contributed by atoms with Gasteiger partial charge in [-0.1, -0.05) is 29.3 Å². The van der Waals surface area contributed by atoms with E-state index in [-0.39, 0.29) is 5.91 Å². The van der Waals surface area contributed by atoms with Gasteiger partial charge >= 0.3 is 0 Å². The van der Waals surface area contributed by atoms with E-state index >= 15 is 0 Å². The van der Waals surface area contributed by atoms with Crippen molar-refractivity contribution in [3.8, 4) is 0 Å². The fourth-order valence-corrected chi connectivity index (χ4v) is 3.19. The minimum Gasteiger partial charge on any atom is -0.339 e. The minimum absolute atomic E-state index is 0.110. The second kappa shape index (κ2) is 6.03. The topological polar surface area (TPSA) is 61.9 Å². The van der Waals surface area contributed by atoms with Gasteiger partial charge < -0.3 is 4.90 Å². The molecule has 1 N–H and O–H groups in total. The molecule has 0 unspecified atom stereocenters. The van der Waals surface area contributed by atoms with Crippen molar-refractivity contribution in [2.75, 3.05) is 13.1 Å². The van der Waals surface area contributed by atoms with Gasteiger partial charge in [-0.3, -0.25) is 9.89 Å². The third-order valence-corrected chi connectivity index (χ3v) is 4.41. The lowest BCUT2D eigenvalue weighted by Crippen LogP contribution is -2.38. The summed E-state index contributed by atoms with van der Waals surface area (Å²) in [7, 11) is 0. The summed E-state index contributed by atoms with van der Waals surface area (Å²) in [5.74, 6) is 1.10. The van der Waals surface area contributed by atoms with Gasteiger partial charge in [0.15, 0.2) is 0 Å². The first-order valence-electron chi connectivity index (χ1n) is 6.75. The largest absolute Gasteiger partial charge is 0.339 e. The second-order valence-corrected chi connectivity index (χ2v) is 5.85. The molecule has 0 radical (unpaired) electrons. The van der Waals surface area contributed by atoms with Crippen LogP contribution in [0, 0.1) is 0 Å². The van der Waals surface area contributed by atoms with Crippen LogP contribution >= 0.6 is 23.2 Å². The van der Waals surface area contributed by atoms with Crippen molar-refractivity contribution in [3.05, 3.63) is 46.0 Å². The van der Waals surface area contributed by atoms with Crippen molar-refractivity contribution in [2.24, 2.45) is 0 Å². The Bertz CT molecular complexity index is 616. The van der Waals surface area contributed by atoms with Crippen LogP contribution in [-0.4, -0.2) is 39.1 Å². The number of likely N-dealkylation sites (tertiary alicyclic amines) is 1. The molecule has 0 saturated carbocycles. The Balaban J connectivity index is 1.71. The van der Waals surface area contributed by atoms with Gasteiger partial charge in [-0.25, -0.2) is 4.98 Å². The SMILES string of the molecule is O=C(c1c(Cl)cccc1Cl)N1CCC(c2ncn[nH]2)CC1. The third kappa shape index (κ3) is 2.89.